The van der Waals surface area contributed by atoms with Gasteiger partial charge in [0.15, 0.2) is 0 Å². The van der Waals surface area contributed by atoms with E-state index in [1.54, 1.807) is 43.5 Å². The highest BCUT2D eigenvalue weighted by Crippen LogP contribution is 2.27. The van der Waals surface area contributed by atoms with Crippen LogP contribution in [0.5, 0.6) is 11.5 Å². The Bertz CT molecular complexity index is 1200. The molecule has 0 aromatic heterocycles. The van der Waals surface area contributed by atoms with E-state index in [0.29, 0.717) is 17.2 Å². The van der Waals surface area contributed by atoms with Crippen LogP contribution in [0.1, 0.15) is 11.1 Å². The summed E-state index contributed by atoms with van der Waals surface area (Å²) in [6.45, 7) is 3.87. The van der Waals surface area contributed by atoms with Gasteiger partial charge < -0.3 is 14.8 Å². The van der Waals surface area contributed by atoms with Crippen LogP contribution in [0.2, 0.25) is 0 Å². The van der Waals surface area contributed by atoms with Gasteiger partial charge >= 0.3 is 0 Å². The molecule has 1 amide bonds. The lowest BCUT2D eigenvalue weighted by Gasteiger charge is -2.26. The Morgan fingerprint density at radius 1 is 0.939 bits per heavy atom. The zero-order valence-corrected chi connectivity index (χ0v) is 19.8. The number of hydrogen-bond acceptors (Lipinski definition) is 5. The number of amides is 1. The van der Waals surface area contributed by atoms with Crippen molar-refractivity contribution in [3.63, 3.8) is 0 Å². The summed E-state index contributed by atoms with van der Waals surface area (Å²) in [5.41, 5.74) is 2.24. The molecule has 0 saturated carbocycles. The molecule has 0 aliphatic rings. The number of methoxy groups -OCH3 is 1. The maximum absolute atomic E-state index is 13.4. The van der Waals surface area contributed by atoms with Crippen LogP contribution in [-0.4, -0.2) is 41.1 Å². The Hall–Kier alpha value is -3.52. The highest BCUT2D eigenvalue weighted by molar-refractivity contribution is 7.92. The van der Waals surface area contributed by atoms with Gasteiger partial charge in [-0.25, -0.2) is 8.42 Å². The topological polar surface area (TPSA) is 84.9 Å². The first kappa shape index (κ1) is 24.1. The van der Waals surface area contributed by atoms with Crippen LogP contribution in [0, 0.1) is 13.8 Å². The van der Waals surface area contributed by atoms with Crippen molar-refractivity contribution in [3.8, 4) is 11.5 Å². The summed E-state index contributed by atoms with van der Waals surface area (Å²) in [5, 5.41) is 2.73. The SMILES string of the molecule is COc1cccc(OCCNC(=O)CN(c2ccc(C)cc2C)S(=O)(=O)c2ccccc2)c1. The second-order valence-corrected chi connectivity index (χ2v) is 9.35. The number of nitrogens with one attached hydrogen (secondary N) is 1. The summed E-state index contributed by atoms with van der Waals surface area (Å²) in [7, 11) is -2.36. The number of rotatable bonds is 10. The van der Waals surface area contributed by atoms with Gasteiger partial charge in [0.2, 0.25) is 5.91 Å². The summed E-state index contributed by atoms with van der Waals surface area (Å²) >= 11 is 0. The van der Waals surface area contributed by atoms with Crippen LogP contribution >= 0.6 is 0 Å². The maximum Gasteiger partial charge on any atom is 0.264 e. The van der Waals surface area contributed by atoms with E-state index in [2.05, 4.69) is 5.32 Å². The molecule has 3 aromatic carbocycles. The van der Waals surface area contributed by atoms with Crippen LogP contribution in [0.3, 0.4) is 0 Å². The fraction of sp³-hybridized carbons (Fsp3) is 0.240. The number of hydrogen-bond donors (Lipinski definition) is 1. The van der Waals surface area contributed by atoms with E-state index >= 15 is 0 Å². The minimum Gasteiger partial charge on any atom is -0.497 e. The molecule has 3 rings (SSSR count). The van der Waals surface area contributed by atoms with Crippen LogP contribution in [0.25, 0.3) is 0 Å². The molecule has 0 radical (unpaired) electrons. The van der Waals surface area contributed by atoms with Gasteiger partial charge in [-0.2, -0.15) is 0 Å². The molecule has 1 N–H and O–H groups in total. The fourth-order valence-electron chi connectivity index (χ4n) is 3.34. The number of anilines is 1. The molecule has 3 aromatic rings. The normalized spacial score (nSPS) is 11.0. The molecule has 0 spiro atoms. The lowest BCUT2D eigenvalue weighted by Crippen LogP contribution is -2.42. The van der Waals surface area contributed by atoms with Gasteiger partial charge in [-0.15, -0.1) is 0 Å². The average Bonchev–Trinajstić information content (AvgIpc) is 2.81. The van der Waals surface area contributed by atoms with Crippen LogP contribution < -0.4 is 19.1 Å². The molecular weight excluding hydrogens is 440 g/mol. The van der Waals surface area contributed by atoms with Gasteiger partial charge in [0.05, 0.1) is 24.2 Å². The summed E-state index contributed by atoms with van der Waals surface area (Å²) in [4.78, 5) is 12.8. The third kappa shape index (κ3) is 6.26. The zero-order valence-electron chi connectivity index (χ0n) is 18.9. The van der Waals surface area contributed by atoms with Crippen molar-refractivity contribution >= 4 is 21.6 Å². The van der Waals surface area contributed by atoms with Crippen molar-refractivity contribution in [1.82, 2.24) is 5.32 Å². The molecule has 0 heterocycles. The van der Waals surface area contributed by atoms with Crippen molar-refractivity contribution in [2.24, 2.45) is 0 Å². The first-order valence-corrected chi connectivity index (χ1v) is 11.9. The fourth-order valence-corrected chi connectivity index (χ4v) is 4.85. The van der Waals surface area contributed by atoms with E-state index in [9.17, 15) is 13.2 Å². The van der Waals surface area contributed by atoms with Gasteiger partial charge in [-0.1, -0.05) is 42.0 Å². The summed E-state index contributed by atoms with van der Waals surface area (Å²) in [5.74, 6) is 0.864. The predicted molar refractivity (Wildman–Crippen MR) is 128 cm³/mol. The maximum atomic E-state index is 13.4. The summed E-state index contributed by atoms with van der Waals surface area (Å²) < 4.78 is 38.7. The van der Waals surface area contributed by atoms with Crippen molar-refractivity contribution < 1.29 is 22.7 Å². The number of nitrogens with zero attached hydrogens (tertiary/aromatic N) is 1. The quantitative estimate of drug-likeness (QED) is 0.459. The van der Waals surface area contributed by atoms with Crippen molar-refractivity contribution in [2.45, 2.75) is 18.7 Å². The highest BCUT2D eigenvalue weighted by atomic mass is 32.2. The van der Waals surface area contributed by atoms with E-state index < -0.39 is 15.9 Å². The van der Waals surface area contributed by atoms with Gasteiger partial charge in [-0.05, 0) is 49.7 Å². The van der Waals surface area contributed by atoms with Crippen molar-refractivity contribution in [1.29, 1.82) is 0 Å². The van der Waals surface area contributed by atoms with Crippen molar-refractivity contribution in [3.05, 3.63) is 83.9 Å². The Balaban J connectivity index is 1.71. The second kappa shape index (κ2) is 10.9. The average molecular weight is 469 g/mol. The van der Waals surface area contributed by atoms with E-state index in [0.717, 1.165) is 15.4 Å². The molecule has 7 nitrogen and oxygen atoms in total. The third-order valence-corrected chi connectivity index (χ3v) is 6.75. The van der Waals surface area contributed by atoms with E-state index in [1.165, 1.54) is 12.1 Å². The largest absolute Gasteiger partial charge is 0.497 e. The first-order valence-electron chi connectivity index (χ1n) is 10.5. The van der Waals surface area contributed by atoms with Crippen LogP contribution in [-0.2, 0) is 14.8 Å². The number of aryl methyl sites for hydroxylation is 2. The monoisotopic (exact) mass is 468 g/mol. The molecule has 174 valence electrons. The number of sulfonamides is 1. The van der Waals surface area contributed by atoms with Crippen LogP contribution in [0.15, 0.2) is 77.7 Å². The smallest absolute Gasteiger partial charge is 0.264 e. The molecule has 33 heavy (non-hydrogen) atoms. The number of carbonyl (C=O) groups excluding carboxylic acids is 1. The second-order valence-electron chi connectivity index (χ2n) is 7.49. The summed E-state index contributed by atoms with van der Waals surface area (Å²) in [6.07, 6.45) is 0. The minimum absolute atomic E-state index is 0.124. The Morgan fingerprint density at radius 2 is 1.67 bits per heavy atom. The minimum atomic E-state index is -3.94. The van der Waals surface area contributed by atoms with Crippen molar-refractivity contribution in [2.75, 3.05) is 31.1 Å². The molecular formula is C25H28N2O5S. The first-order chi connectivity index (χ1) is 15.8. The predicted octanol–water partition coefficient (Wildman–Crippen LogP) is 3.70. The molecule has 0 unspecified atom stereocenters. The van der Waals surface area contributed by atoms with Gasteiger partial charge in [0.25, 0.3) is 10.0 Å². The number of carbonyl (C=O) groups is 1. The molecule has 0 saturated heterocycles. The number of ether oxygens (including phenoxy) is 2. The van der Waals surface area contributed by atoms with Gasteiger partial charge in [0.1, 0.15) is 24.7 Å². The molecule has 0 aliphatic heterocycles. The Morgan fingerprint density at radius 3 is 2.36 bits per heavy atom. The Labute approximate surface area is 195 Å². The summed E-state index contributed by atoms with van der Waals surface area (Å²) in [6, 6.07) is 20.7. The van der Waals surface area contributed by atoms with E-state index in [4.69, 9.17) is 9.47 Å². The lowest BCUT2D eigenvalue weighted by molar-refractivity contribution is -0.119. The molecule has 0 aliphatic carbocycles. The third-order valence-electron chi connectivity index (χ3n) is 4.97. The van der Waals surface area contributed by atoms with Gasteiger partial charge in [0, 0.05) is 6.07 Å². The molecule has 0 bridgehead atoms. The van der Waals surface area contributed by atoms with E-state index in [-0.39, 0.29) is 24.6 Å². The Kier molecular flexibility index (Phi) is 7.95. The zero-order chi connectivity index (χ0) is 23.8. The molecule has 8 heteroatoms. The molecule has 0 atom stereocenters. The number of benzene rings is 3. The lowest BCUT2D eigenvalue weighted by atomic mass is 10.1. The highest BCUT2D eigenvalue weighted by Gasteiger charge is 2.28. The van der Waals surface area contributed by atoms with E-state index in [1.807, 2.05) is 38.1 Å². The van der Waals surface area contributed by atoms with Gasteiger partial charge in [-0.3, -0.25) is 9.10 Å². The van der Waals surface area contributed by atoms with Crippen LogP contribution in [0.4, 0.5) is 5.69 Å². The molecule has 0 fully saturated rings. The standard InChI is InChI=1S/C25H28N2O5S/c1-19-12-13-24(20(2)16-19)27(33(29,30)23-10-5-4-6-11-23)18-25(28)26-14-15-32-22-9-7-8-21(17-22)31-3/h4-13,16-17H,14-15,18H2,1-3H3,(H,26,28).